The molecule has 80 valence electrons. The van der Waals surface area contributed by atoms with E-state index in [-0.39, 0.29) is 0 Å². The van der Waals surface area contributed by atoms with Gasteiger partial charge < -0.3 is 5.32 Å². The minimum absolute atomic E-state index is 0.533. The Morgan fingerprint density at radius 2 is 2.13 bits per heavy atom. The van der Waals surface area contributed by atoms with Gasteiger partial charge in [0, 0.05) is 11.0 Å². The van der Waals surface area contributed by atoms with Crippen LogP contribution in [0.1, 0.15) is 12.5 Å². The van der Waals surface area contributed by atoms with E-state index in [0.717, 1.165) is 16.6 Å². The number of thiocarbonyl (C=S) groups is 1. The van der Waals surface area contributed by atoms with E-state index in [1.807, 2.05) is 31.2 Å². The van der Waals surface area contributed by atoms with Crippen molar-refractivity contribution in [1.82, 2.24) is 10.7 Å². The van der Waals surface area contributed by atoms with Gasteiger partial charge in [-0.3, -0.25) is 5.43 Å². The Labute approximate surface area is 103 Å². The second-order valence-corrected chi connectivity index (χ2v) is 4.10. The third-order valence-corrected chi connectivity index (χ3v) is 2.35. The minimum atomic E-state index is 0.533. The fraction of sp³-hybridized carbons (Fsp3) is 0.200. The van der Waals surface area contributed by atoms with Crippen LogP contribution in [0.2, 0.25) is 0 Å². The first-order valence-corrected chi connectivity index (χ1v) is 5.75. The lowest BCUT2D eigenvalue weighted by molar-refractivity contribution is 0.904. The average molecular weight is 286 g/mol. The summed E-state index contributed by atoms with van der Waals surface area (Å²) in [5.41, 5.74) is 3.74. The van der Waals surface area contributed by atoms with Gasteiger partial charge in [-0.1, -0.05) is 28.1 Å². The van der Waals surface area contributed by atoms with Crippen molar-refractivity contribution >= 4 is 39.5 Å². The maximum Gasteiger partial charge on any atom is 0.186 e. The van der Waals surface area contributed by atoms with E-state index >= 15 is 0 Å². The number of hydrogen-bond acceptors (Lipinski definition) is 2. The highest BCUT2D eigenvalue weighted by Crippen LogP contribution is 2.08. The van der Waals surface area contributed by atoms with Crippen molar-refractivity contribution in [3.05, 3.63) is 34.3 Å². The number of hydrogen-bond donors (Lipinski definition) is 2. The van der Waals surface area contributed by atoms with Crippen LogP contribution in [0, 0.1) is 0 Å². The van der Waals surface area contributed by atoms with Crippen LogP contribution in [0.15, 0.2) is 33.8 Å². The molecule has 15 heavy (non-hydrogen) atoms. The fourth-order valence-electron chi connectivity index (χ4n) is 0.914. The van der Waals surface area contributed by atoms with E-state index in [1.54, 1.807) is 6.21 Å². The number of rotatable bonds is 3. The summed E-state index contributed by atoms with van der Waals surface area (Å²) in [6, 6.07) is 7.85. The number of benzene rings is 1. The second kappa shape index (κ2) is 6.53. The molecule has 0 fully saturated rings. The summed E-state index contributed by atoms with van der Waals surface area (Å²) in [6.45, 7) is 2.77. The summed E-state index contributed by atoms with van der Waals surface area (Å²) in [5, 5.41) is 7.47. The molecule has 0 aromatic heterocycles. The Morgan fingerprint density at radius 1 is 1.47 bits per heavy atom. The highest BCUT2D eigenvalue weighted by atomic mass is 79.9. The molecule has 0 aliphatic rings. The van der Waals surface area contributed by atoms with E-state index in [2.05, 4.69) is 31.8 Å². The summed E-state index contributed by atoms with van der Waals surface area (Å²) < 4.78 is 1.05. The van der Waals surface area contributed by atoms with E-state index in [4.69, 9.17) is 12.2 Å². The van der Waals surface area contributed by atoms with Gasteiger partial charge in [-0.2, -0.15) is 5.10 Å². The lowest BCUT2D eigenvalue weighted by Gasteiger charge is -2.02. The van der Waals surface area contributed by atoms with Crippen molar-refractivity contribution < 1.29 is 0 Å². The Kier molecular flexibility index (Phi) is 5.28. The van der Waals surface area contributed by atoms with Crippen molar-refractivity contribution in [2.24, 2.45) is 5.10 Å². The van der Waals surface area contributed by atoms with Crippen LogP contribution >= 0.6 is 28.1 Å². The van der Waals surface area contributed by atoms with E-state index in [0.29, 0.717) is 5.11 Å². The summed E-state index contributed by atoms with van der Waals surface area (Å²) in [4.78, 5) is 0. The molecule has 0 atom stereocenters. The average Bonchev–Trinajstić information content (AvgIpc) is 2.21. The van der Waals surface area contributed by atoms with Crippen molar-refractivity contribution in [1.29, 1.82) is 0 Å². The summed E-state index contributed by atoms with van der Waals surface area (Å²) in [6.07, 6.45) is 1.72. The monoisotopic (exact) mass is 285 g/mol. The van der Waals surface area contributed by atoms with Crippen LogP contribution in [0.4, 0.5) is 0 Å². The van der Waals surface area contributed by atoms with Crippen LogP contribution < -0.4 is 10.7 Å². The van der Waals surface area contributed by atoms with Gasteiger partial charge >= 0.3 is 0 Å². The Morgan fingerprint density at radius 3 is 2.73 bits per heavy atom. The van der Waals surface area contributed by atoms with Crippen LogP contribution in [0.25, 0.3) is 0 Å². The molecule has 0 bridgehead atoms. The molecule has 0 spiro atoms. The third-order valence-electron chi connectivity index (χ3n) is 1.59. The van der Waals surface area contributed by atoms with E-state index in [9.17, 15) is 0 Å². The molecular formula is C10H12BrN3S. The number of nitrogens with one attached hydrogen (secondary N) is 2. The SMILES string of the molecule is CCNC(=S)N/N=C/c1ccc(Br)cc1. The molecule has 0 radical (unpaired) electrons. The van der Waals surface area contributed by atoms with Gasteiger partial charge in [0.05, 0.1) is 6.21 Å². The molecule has 0 heterocycles. The standard InChI is InChI=1S/C10H12BrN3S/c1-2-12-10(15)14-13-7-8-3-5-9(11)6-4-8/h3-7H,2H2,1H3,(H2,12,14,15)/b13-7+. The molecule has 1 rings (SSSR count). The predicted molar refractivity (Wildman–Crippen MR) is 71.1 cm³/mol. The van der Waals surface area contributed by atoms with Crippen LogP contribution in [0.5, 0.6) is 0 Å². The molecule has 1 aromatic rings. The highest BCUT2D eigenvalue weighted by molar-refractivity contribution is 9.10. The van der Waals surface area contributed by atoms with Gasteiger partial charge in [-0.05, 0) is 36.8 Å². The van der Waals surface area contributed by atoms with Gasteiger partial charge in [-0.15, -0.1) is 0 Å². The van der Waals surface area contributed by atoms with Gasteiger partial charge in [-0.25, -0.2) is 0 Å². The molecule has 1 aromatic carbocycles. The molecule has 0 amide bonds. The Hall–Kier alpha value is -0.940. The third kappa shape index (κ3) is 4.90. The zero-order valence-electron chi connectivity index (χ0n) is 8.33. The number of nitrogens with zero attached hydrogens (tertiary/aromatic N) is 1. The predicted octanol–water partition coefficient (Wildman–Crippen LogP) is 2.27. The normalized spacial score (nSPS) is 10.3. The fourth-order valence-corrected chi connectivity index (χ4v) is 1.38. The first-order valence-electron chi connectivity index (χ1n) is 4.55. The smallest absolute Gasteiger partial charge is 0.186 e. The highest BCUT2D eigenvalue weighted by Gasteiger charge is 1.89. The lowest BCUT2D eigenvalue weighted by Crippen LogP contribution is -2.31. The minimum Gasteiger partial charge on any atom is -0.362 e. The van der Waals surface area contributed by atoms with Gasteiger partial charge in [0.15, 0.2) is 5.11 Å². The summed E-state index contributed by atoms with van der Waals surface area (Å²) >= 11 is 8.31. The largest absolute Gasteiger partial charge is 0.362 e. The first-order chi connectivity index (χ1) is 7.22. The van der Waals surface area contributed by atoms with Gasteiger partial charge in [0.2, 0.25) is 0 Å². The molecule has 0 unspecified atom stereocenters. The molecule has 0 aliphatic carbocycles. The molecular weight excluding hydrogens is 274 g/mol. The van der Waals surface area contributed by atoms with Crippen LogP contribution in [-0.2, 0) is 0 Å². The Balaban J connectivity index is 2.44. The second-order valence-electron chi connectivity index (χ2n) is 2.78. The first kappa shape index (κ1) is 12.1. The molecule has 0 saturated carbocycles. The van der Waals surface area contributed by atoms with Crippen LogP contribution in [-0.4, -0.2) is 17.9 Å². The zero-order valence-corrected chi connectivity index (χ0v) is 10.7. The maximum atomic E-state index is 4.95. The molecule has 5 heteroatoms. The summed E-state index contributed by atoms with van der Waals surface area (Å²) in [7, 11) is 0. The zero-order chi connectivity index (χ0) is 11.1. The maximum absolute atomic E-state index is 4.95. The molecule has 0 aliphatic heterocycles. The van der Waals surface area contributed by atoms with Crippen molar-refractivity contribution in [3.63, 3.8) is 0 Å². The van der Waals surface area contributed by atoms with Crippen molar-refractivity contribution in [2.75, 3.05) is 6.54 Å². The van der Waals surface area contributed by atoms with Gasteiger partial charge in [0.25, 0.3) is 0 Å². The summed E-state index contributed by atoms with van der Waals surface area (Å²) in [5.74, 6) is 0. The van der Waals surface area contributed by atoms with Gasteiger partial charge in [0.1, 0.15) is 0 Å². The quantitative estimate of drug-likeness (QED) is 0.508. The Bertz CT molecular complexity index is 348. The number of halogens is 1. The van der Waals surface area contributed by atoms with E-state index < -0.39 is 0 Å². The van der Waals surface area contributed by atoms with E-state index in [1.165, 1.54) is 0 Å². The number of hydrazone groups is 1. The molecule has 0 saturated heterocycles. The van der Waals surface area contributed by atoms with Crippen molar-refractivity contribution in [3.8, 4) is 0 Å². The van der Waals surface area contributed by atoms with Crippen molar-refractivity contribution in [2.45, 2.75) is 6.92 Å². The van der Waals surface area contributed by atoms with Crippen LogP contribution in [0.3, 0.4) is 0 Å². The lowest BCUT2D eigenvalue weighted by atomic mass is 10.2. The molecule has 2 N–H and O–H groups in total. The topological polar surface area (TPSA) is 36.4 Å². The molecule has 3 nitrogen and oxygen atoms in total.